The van der Waals surface area contributed by atoms with Gasteiger partial charge in [0.2, 0.25) is 0 Å². The first kappa shape index (κ1) is 21.7. The van der Waals surface area contributed by atoms with Gasteiger partial charge in [-0.3, -0.25) is 9.59 Å². The average Bonchev–Trinajstić information content (AvgIpc) is 2.72. The molecule has 0 spiro atoms. The van der Waals surface area contributed by atoms with Gasteiger partial charge in [-0.1, -0.05) is 32.0 Å². The lowest BCUT2D eigenvalue weighted by Gasteiger charge is -2.34. The first-order valence-corrected chi connectivity index (χ1v) is 10.3. The van der Waals surface area contributed by atoms with Crippen LogP contribution in [0.3, 0.4) is 0 Å². The molecule has 2 N–H and O–H groups in total. The molecule has 0 aromatic heterocycles. The summed E-state index contributed by atoms with van der Waals surface area (Å²) in [5, 5.41) is 10.6. The second kappa shape index (κ2) is 8.78. The summed E-state index contributed by atoms with van der Waals surface area (Å²) in [6.45, 7) is 6.55. The normalized spacial score (nSPS) is 14.5. The Kier molecular flexibility index (Phi) is 6.34. The van der Waals surface area contributed by atoms with Crippen LogP contribution >= 0.6 is 0 Å². The van der Waals surface area contributed by atoms with E-state index in [0.29, 0.717) is 41.8 Å². The molecule has 0 saturated heterocycles. The highest BCUT2D eigenvalue weighted by atomic mass is 19.1. The van der Waals surface area contributed by atoms with Gasteiger partial charge in [0, 0.05) is 48.5 Å². The molecule has 0 bridgehead atoms. The molecule has 158 valence electrons. The number of carbonyl (C=O) groups is 2. The second-order valence-corrected chi connectivity index (χ2v) is 8.13. The number of benzene rings is 2. The van der Waals surface area contributed by atoms with Crippen molar-refractivity contribution in [3.8, 4) is 11.1 Å². The highest BCUT2D eigenvalue weighted by Gasteiger charge is 2.29. The Balaban J connectivity index is 1.84. The summed E-state index contributed by atoms with van der Waals surface area (Å²) in [7, 11) is 1.50. The standard InChI is InChI=1S/C24H28FN3O2/c1-14(2)22(26)11-15(3)28-10-9-17-12-16(5-8-20(17)24(28)30)19-7-6-18(13-21(19)25)23(29)27-4/h5-8,12-15,26H,9-11H2,1-4H3,(H,27,29)/t15-/m1/s1. The number of amides is 2. The molecule has 0 fully saturated rings. The van der Waals surface area contributed by atoms with Crippen molar-refractivity contribution in [2.24, 2.45) is 5.92 Å². The maximum Gasteiger partial charge on any atom is 0.254 e. The third kappa shape index (κ3) is 4.27. The van der Waals surface area contributed by atoms with Gasteiger partial charge in [-0.05, 0) is 48.6 Å². The minimum Gasteiger partial charge on any atom is -0.355 e. The van der Waals surface area contributed by atoms with E-state index < -0.39 is 5.82 Å². The van der Waals surface area contributed by atoms with Crippen LogP contribution in [-0.2, 0) is 6.42 Å². The molecular weight excluding hydrogens is 381 g/mol. The lowest BCUT2D eigenvalue weighted by atomic mass is 9.92. The van der Waals surface area contributed by atoms with Crippen LogP contribution in [-0.4, -0.2) is 42.1 Å². The third-order valence-corrected chi connectivity index (χ3v) is 5.73. The van der Waals surface area contributed by atoms with E-state index in [9.17, 15) is 14.0 Å². The van der Waals surface area contributed by atoms with Crippen LogP contribution in [0.2, 0.25) is 0 Å². The van der Waals surface area contributed by atoms with Crippen molar-refractivity contribution >= 4 is 17.5 Å². The summed E-state index contributed by atoms with van der Waals surface area (Å²) in [5.41, 5.74) is 3.53. The monoisotopic (exact) mass is 409 g/mol. The van der Waals surface area contributed by atoms with Crippen molar-refractivity contribution in [1.82, 2.24) is 10.2 Å². The van der Waals surface area contributed by atoms with Crippen LogP contribution in [0.4, 0.5) is 4.39 Å². The van der Waals surface area contributed by atoms with E-state index in [2.05, 4.69) is 5.32 Å². The maximum atomic E-state index is 14.6. The average molecular weight is 410 g/mol. The van der Waals surface area contributed by atoms with E-state index >= 15 is 0 Å². The van der Waals surface area contributed by atoms with Crippen molar-refractivity contribution in [1.29, 1.82) is 5.41 Å². The van der Waals surface area contributed by atoms with Crippen molar-refractivity contribution in [3.05, 3.63) is 58.9 Å². The van der Waals surface area contributed by atoms with Crippen LogP contribution in [0.5, 0.6) is 0 Å². The van der Waals surface area contributed by atoms with Crippen molar-refractivity contribution in [2.75, 3.05) is 13.6 Å². The fraction of sp³-hybridized carbons (Fsp3) is 0.375. The summed E-state index contributed by atoms with van der Waals surface area (Å²) >= 11 is 0. The molecule has 1 aliphatic rings. The van der Waals surface area contributed by atoms with E-state index in [0.717, 1.165) is 5.56 Å². The Labute approximate surface area is 176 Å². The van der Waals surface area contributed by atoms with Crippen LogP contribution in [0.15, 0.2) is 36.4 Å². The lowest BCUT2D eigenvalue weighted by Crippen LogP contribution is -2.44. The molecule has 6 heteroatoms. The molecule has 2 amide bonds. The Morgan fingerprint density at radius 3 is 2.50 bits per heavy atom. The summed E-state index contributed by atoms with van der Waals surface area (Å²) < 4.78 is 14.6. The molecular formula is C24H28FN3O2. The highest BCUT2D eigenvalue weighted by molar-refractivity contribution is 5.98. The minimum absolute atomic E-state index is 0.0325. The second-order valence-electron chi connectivity index (χ2n) is 8.13. The van der Waals surface area contributed by atoms with Gasteiger partial charge in [-0.15, -0.1) is 0 Å². The molecule has 1 aliphatic heterocycles. The quantitative estimate of drug-likeness (QED) is 0.698. The third-order valence-electron chi connectivity index (χ3n) is 5.73. The van der Waals surface area contributed by atoms with Gasteiger partial charge in [-0.2, -0.15) is 0 Å². The fourth-order valence-electron chi connectivity index (χ4n) is 3.79. The topological polar surface area (TPSA) is 73.3 Å². The van der Waals surface area contributed by atoms with Crippen LogP contribution in [0, 0.1) is 17.1 Å². The van der Waals surface area contributed by atoms with Gasteiger partial charge in [0.15, 0.2) is 0 Å². The van der Waals surface area contributed by atoms with Gasteiger partial charge in [-0.25, -0.2) is 4.39 Å². The molecule has 30 heavy (non-hydrogen) atoms. The zero-order chi connectivity index (χ0) is 22.0. The van der Waals surface area contributed by atoms with E-state index in [4.69, 9.17) is 5.41 Å². The van der Waals surface area contributed by atoms with E-state index in [1.54, 1.807) is 24.3 Å². The number of hydrogen-bond acceptors (Lipinski definition) is 3. The molecule has 1 atom stereocenters. The number of halogens is 1. The van der Waals surface area contributed by atoms with Gasteiger partial charge < -0.3 is 15.6 Å². The summed E-state index contributed by atoms with van der Waals surface area (Å²) in [4.78, 5) is 26.5. The Bertz CT molecular complexity index is 1000. The Morgan fingerprint density at radius 2 is 1.87 bits per heavy atom. The molecule has 0 unspecified atom stereocenters. The van der Waals surface area contributed by atoms with Crippen molar-refractivity contribution < 1.29 is 14.0 Å². The summed E-state index contributed by atoms with van der Waals surface area (Å²) in [5.74, 6) is -0.675. The van der Waals surface area contributed by atoms with E-state index in [1.807, 2.05) is 31.7 Å². The zero-order valence-corrected chi connectivity index (χ0v) is 17.9. The number of rotatable bonds is 6. The molecule has 0 aliphatic carbocycles. The predicted molar refractivity (Wildman–Crippen MR) is 117 cm³/mol. The van der Waals surface area contributed by atoms with Crippen LogP contribution < -0.4 is 5.32 Å². The number of fused-ring (bicyclic) bond motifs is 1. The molecule has 5 nitrogen and oxygen atoms in total. The minimum atomic E-state index is -0.472. The number of hydrogen-bond donors (Lipinski definition) is 2. The van der Waals surface area contributed by atoms with Crippen molar-refractivity contribution in [3.63, 3.8) is 0 Å². The predicted octanol–water partition coefficient (Wildman–Crippen LogP) is 4.30. The first-order chi connectivity index (χ1) is 14.2. The number of carbonyl (C=O) groups excluding carboxylic acids is 2. The highest BCUT2D eigenvalue weighted by Crippen LogP contribution is 2.29. The van der Waals surface area contributed by atoms with Crippen LogP contribution in [0.1, 0.15) is 53.5 Å². The molecule has 2 aromatic rings. The lowest BCUT2D eigenvalue weighted by molar-refractivity contribution is 0.0678. The van der Waals surface area contributed by atoms with Gasteiger partial charge >= 0.3 is 0 Å². The van der Waals surface area contributed by atoms with Gasteiger partial charge in [0.1, 0.15) is 5.82 Å². The molecule has 0 radical (unpaired) electrons. The zero-order valence-electron chi connectivity index (χ0n) is 17.9. The smallest absolute Gasteiger partial charge is 0.254 e. The maximum absolute atomic E-state index is 14.6. The van der Waals surface area contributed by atoms with Gasteiger partial charge in [0.05, 0.1) is 0 Å². The Morgan fingerprint density at radius 1 is 1.17 bits per heavy atom. The summed E-state index contributed by atoms with van der Waals surface area (Å²) in [6, 6.07) is 9.75. The number of nitrogens with one attached hydrogen (secondary N) is 2. The van der Waals surface area contributed by atoms with Gasteiger partial charge in [0.25, 0.3) is 11.8 Å². The number of nitrogens with zero attached hydrogens (tertiary/aromatic N) is 1. The van der Waals surface area contributed by atoms with Crippen molar-refractivity contribution in [2.45, 2.75) is 39.7 Å². The molecule has 2 aromatic carbocycles. The fourth-order valence-corrected chi connectivity index (χ4v) is 3.79. The molecule has 0 saturated carbocycles. The first-order valence-electron chi connectivity index (χ1n) is 10.3. The SMILES string of the molecule is CNC(=O)c1ccc(-c2ccc3c(c2)CCN([C@H](C)CC(=N)C(C)C)C3=O)c(F)c1. The summed E-state index contributed by atoms with van der Waals surface area (Å²) in [6.07, 6.45) is 1.26. The van der Waals surface area contributed by atoms with E-state index in [1.165, 1.54) is 13.1 Å². The molecule has 3 rings (SSSR count). The molecule has 1 heterocycles. The largest absolute Gasteiger partial charge is 0.355 e. The van der Waals surface area contributed by atoms with E-state index in [-0.39, 0.29) is 29.3 Å². The van der Waals surface area contributed by atoms with Crippen LogP contribution in [0.25, 0.3) is 11.1 Å². The Hall–Kier alpha value is -3.02.